The smallest absolute Gasteiger partial charge is 0.248 e. The van der Waals surface area contributed by atoms with Crippen molar-refractivity contribution in [2.24, 2.45) is 4.99 Å². The van der Waals surface area contributed by atoms with Crippen molar-refractivity contribution in [1.29, 1.82) is 0 Å². The van der Waals surface area contributed by atoms with Gasteiger partial charge >= 0.3 is 0 Å². The van der Waals surface area contributed by atoms with Gasteiger partial charge in [0.15, 0.2) is 20.5 Å². The standard InChI is InChI=1S/C21H20F2N2O3S2/c1-3-10-25-20-17(23)12-15(22)13-18(20)29-21(25)24-19(26)5-4-11-30(27,28)16-8-6-14(2)7-9-16/h3,6-9,12-13H,1,4-5,10-11H2,2H3. The first-order valence-electron chi connectivity index (χ1n) is 9.17. The Morgan fingerprint density at radius 3 is 2.60 bits per heavy atom. The molecule has 3 rings (SSSR count). The zero-order chi connectivity index (χ0) is 21.9. The number of hydrogen-bond acceptors (Lipinski definition) is 4. The summed E-state index contributed by atoms with van der Waals surface area (Å²) >= 11 is 0.987. The van der Waals surface area contributed by atoms with E-state index in [0.29, 0.717) is 4.70 Å². The van der Waals surface area contributed by atoms with Gasteiger partial charge in [-0.1, -0.05) is 35.1 Å². The Morgan fingerprint density at radius 1 is 1.23 bits per heavy atom. The number of carbonyl (C=O) groups excluding carboxylic acids is 1. The number of benzene rings is 2. The molecule has 1 heterocycles. The number of hydrogen-bond donors (Lipinski definition) is 0. The Morgan fingerprint density at radius 2 is 1.93 bits per heavy atom. The molecule has 5 nitrogen and oxygen atoms in total. The van der Waals surface area contributed by atoms with Crippen LogP contribution in [-0.2, 0) is 21.2 Å². The Labute approximate surface area is 176 Å². The van der Waals surface area contributed by atoms with E-state index in [-0.39, 0.29) is 40.4 Å². The number of aromatic nitrogens is 1. The molecule has 0 unspecified atom stereocenters. The highest BCUT2D eigenvalue weighted by molar-refractivity contribution is 7.91. The van der Waals surface area contributed by atoms with Crippen LogP contribution in [0.4, 0.5) is 8.78 Å². The lowest BCUT2D eigenvalue weighted by Gasteiger charge is -2.04. The van der Waals surface area contributed by atoms with E-state index in [1.165, 1.54) is 16.7 Å². The SMILES string of the molecule is C=CCn1c(=NC(=O)CCCS(=O)(=O)c2ccc(C)cc2)sc2cc(F)cc(F)c21. The number of amides is 1. The van der Waals surface area contributed by atoms with Crippen LogP contribution in [0.1, 0.15) is 18.4 Å². The van der Waals surface area contributed by atoms with Crippen molar-refractivity contribution >= 4 is 37.3 Å². The largest absolute Gasteiger partial charge is 0.310 e. The molecule has 0 aliphatic carbocycles. The lowest BCUT2D eigenvalue weighted by Crippen LogP contribution is -2.17. The molecule has 158 valence electrons. The second-order valence-electron chi connectivity index (χ2n) is 6.76. The van der Waals surface area contributed by atoms with Crippen molar-refractivity contribution in [2.75, 3.05) is 5.75 Å². The van der Waals surface area contributed by atoms with E-state index in [9.17, 15) is 22.0 Å². The summed E-state index contributed by atoms with van der Waals surface area (Å²) in [5.41, 5.74) is 1.10. The van der Waals surface area contributed by atoms with Crippen LogP contribution in [0.3, 0.4) is 0 Å². The Bertz CT molecular complexity index is 1270. The average molecular weight is 451 g/mol. The summed E-state index contributed by atoms with van der Waals surface area (Å²) in [7, 11) is -3.49. The molecule has 0 bridgehead atoms. The van der Waals surface area contributed by atoms with Crippen LogP contribution >= 0.6 is 11.3 Å². The van der Waals surface area contributed by atoms with Crippen LogP contribution in [-0.4, -0.2) is 24.6 Å². The molecule has 30 heavy (non-hydrogen) atoms. The van der Waals surface area contributed by atoms with E-state index >= 15 is 0 Å². The average Bonchev–Trinajstić information content (AvgIpc) is 2.99. The number of carbonyl (C=O) groups is 1. The van der Waals surface area contributed by atoms with Crippen LogP contribution in [0.25, 0.3) is 10.2 Å². The predicted molar refractivity (Wildman–Crippen MR) is 113 cm³/mol. The maximum atomic E-state index is 14.2. The third-order valence-corrected chi connectivity index (χ3v) is 7.25. The van der Waals surface area contributed by atoms with Crippen LogP contribution in [0, 0.1) is 18.6 Å². The molecule has 0 aliphatic heterocycles. The Balaban J connectivity index is 1.79. The summed E-state index contributed by atoms with van der Waals surface area (Å²) in [6.45, 7) is 5.67. The number of rotatable bonds is 7. The number of thiazole rings is 1. The zero-order valence-corrected chi connectivity index (χ0v) is 17.9. The molecule has 0 radical (unpaired) electrons. The zero-order valence-electron chi connectivity index (χ0n) is 16.3. The summed E-state index contributed by atoms with van der Waals surface area (Å²) in [6.07, 6.45) is 1.55. The van der Waals surface area contributed by atoms with Gasteiger partial charge in [-0.05, 0) is 31.5 Å². The van der Waals surface area contributed by atoms with Crippen LogP contribution in [0.5, 0.6) is 0 Å². The minimum atomic E-state index is -3.49. The summed E-state index contributed by atoms with van der Waals surface area (Å²) < 4.78 is 54.3. The molecule has 1 aromatic heterocycles. The number of aryl methyl sites for hydroxylation is 1. The summed E-state index contributed by atoms with van der Waals surface area (Å²) in [6, 6.07) is 8.47. The molecule has 0 fully saturated rings. The Hall–Kier alpha value is -2.65. The van der Waals surface area contributed by atoms with E-state index < -0.39 is 27.4 Å². The van der Waals surface area contributed by atoms with E-state index in [4.69, 9.17) is 0 Å². The maximum absolute atomic E-state index is 14.2. The summed E-state index contributed by atoms with van der Waals surface area (Å²) in [4.78, 5) is 16.7. The van der Waals surface area contributed by atoms with Gasteiger partial charge in [0.05, 0.1) is 20.9 Å². The third-order valence-electron chi connectivity index (χ3n) is 4.41. The van der Waals surface area contributed by atoms with Gasteiger partial charge in [-0.25, -0.2) is 17.2 Å². The molecular weight excluding hydrogens is 430 g/mol. The van der Waals surface area contributed by atoms with Crippen molar-refractivity contribution < 1.29 is 22.0 Å². The second-order valence-corrected chi connectivity index (χ2v) is 9.88. The minimum absolute atomic E-state index is 0.0791. The van der Waals surface area contributed by atoms with E-state index in [0.717, 1.165) is 23.0 Å². The van der Waals surface area contributed by atoms with Gasteiger partial charge in [-0.3, -0.25) is 4.79 Å². The molecule has 0 aliphatic rings. The number of halogens is 2. The molecule has 3 aromatic rings. The number of sulfone groups is 1. The van der Waals surface area contributed by atoms with Gasteiger partial charge in [0.25, 0.3) is 0 Å². The lowest BCUT2D eigenvalue weighted by molar-refractivity contribution is -0.118. The summed E-state index contributed by atoms with van der Waals surface area (Å²) in [5, 5.41) is 0. The molecular formula is C21H20F2N2O3S2. The van der Waals surface area contributed by atoms with Crippen molar-refractivity contribution in [3.63, 3.8) is 0 Å². The highest BCUT2D eigenvalue weighted by Gasteiger charge is 2.16. The molecule has 1 amide bonds. The first-order valence-corrected chi connectivity index (χ1v) is 11.6. The van der Waals surface area contributed by atoms with Crippen LogP contribution in [0.2, 0.25) is 0 Å². The number of nitrogens with zero attached hydrogens (tertiary/aromatic N) is 2. The molecule has 9 heteroatoms. The predicted octanol–water partition coefficient (Wildman–Crippen LogP) is 4.16. The van der Waals surface area contributed by atoms with Crippen molar-refractivity contribution in [3.05, 3.63) is 71.1 Å². The highest BCUT2D eigenvalue weighted by atomic mass is 32.2. The van der Waals surface area contributed by atoms with Crippen molar-refractivity contribution in [2.45, 2.75) is 31.2 Å². The first kappa shape index (κ1) is 22.0. The van der Waals surface area contributed by atoms with E-state index in [1.807, 2.05) is 6.92 Å². The number of allylic oxidation sites excluding steroid dienone is 1. The van der Waals surface area contributed by atoms with Gasteiger partial charge in [0.2, 0.25) is 5.91 Å². The topological polar surface area (TPSA) is 68.5 Å². The molecule has 2 aromatic carbocycles. The molecule has 0 atom stereocenters. The first-order chi connectivity index (χ1) is 14.2. The van der Waals surface area contributed by atoms with Crippen LogP contribution < -0.4 is 4.80 Å². The molecule has 0 spiro atoms. The van der Waals surface area contributed by atoms with Gasteiger partial charge < -0.3 is 4.57 Å². The molecule has 0 saturated heterocycles. The third kappa shape index (κ3) is 4.91. The van der Waals surface area contributed by atoms with Gasteiger partial charge in [-0.15, -0.1) is 6.58 Å². The van der Waals surface area contributed by atoms with Crippen molar-refractivity contribution in [1.82, 2.24) is 4.57 Å². The van der Waals surface area contributed by atoms with Gasteiger partial charge in [0, 0.05) is 19.0 Å². The van der Waals surface area contributed by atoms with Crippen LogP contribution in [0.15, 0.2) is 58.9 Å². The van der Waals surface area contributed by atoms with E-state index in [1.54, 1.807) is 24.3 Å². The molecule has 0 N–H and O–H groups in total. The molecule has 0 saturated carbocycles. The van der Waals surface area contributed by atoms with Gasteiger partial charge in [0.1, 0.15) is 5.82 Å². The number of fused-ring (bicyclic) bond motifs is 1. The minimum Gasteiger partial charge on any atom is -0.310 e. The van der Waals surface area contributed by atoms with E-state index in [2.05, 4.69) is 11.6 Å². The fourth-order valence-electron chi connectivity index (χ4n) is 2.95. The maximum Gasteiger partial charge on any atom is 0.248 e. The quantitative estimate of drug-likeness (QED) is 0.508. The summed E-state index contributed by atoms with van der Waals surface area (Å²) in [5.74, 6) is -2.18. The normalized spacial score (nSPS) is 12.4. The van der Waals surface area contributed by atoms with Crippen molar-refractivity contribution in [3.8, 4) is 0 Å². The van der Waals surface area contributed by atoms with Gasteiger partial charge in [-0.2, -0.15) is 4.99 Å². The lowest BCUT2D eigenvalue weighted by atomic mass is 10.2. The fourth-order valence-corrected chi connectivity index (χ4v) is 5.36. The second kappa shape index (κ2) is 9.01. The monoisotopic (exact) mass is 450 g/mol. The Kier molecular flexibility index (Phi) is 6.62. The highest BCUT2D eigenvalue weighted by Crippen LogP contribution is 2.22. The fraction of sp³-hybridized carbons (Fsp3) is 0.238.